The predicted octanol–water partition coefficient (Wildman–Crippen LogP) is 11.4. The van der Waals surface area contributed by atoms with Crippen LogP contribution in [0.25, 0.3) is 53.7 Å². The Morgan fingerprint density at radius 2 is 0.809 bits per heavy atom. The van der Waals surface area contributed by atoms with Gasteiger partial charge in [0.1, 0.15) is 0 Å². The van der Waals surface area contributed by atoms with Crippen molar-refractivity contribution in [2.24, 2.45) is 0 Å². The van der Waals surface area contributed by atoms with Gasteiger partial charge in [-0.2, -0.15) is 35.5 Å². The minimum Gasteiger partial charge on any atom is -0.661 e. The van der Waals surface area contributed by atoms with Gasteiger partial charge in [0.15, 0.2) is 0 Å². The maximum absolute atomic E-state index is 4.83. The number of fused-ring (bicyclic) bond motifs is 7. The van der Waals surface area contributed by atoms with Crippen LogP contribution in [0.4, 0.5) is 22.7 Å². The first-order valence-corrected chi connectivity index (χ1v) is 17.7. The van der Waals surface area contributed by atoms with Crippen molar-refractivity contribution in [3.8, 4) is 0 Å². The second-order valence-corrected chi connectivity index (χ2v) is 13.1. The summed E-state index contributed by atoms with van der Waals surface area (Å²) < 4.78 is 0. The average Bonchev–Trinajstić information content (AvgIpc) is 3.16. The molecule has 4 atom stereocenters. The fourth-order valence-electron chi connectivity index (χ4n) is 7.46. The molecule has 8 nitrogen and oxygen atoms in total. The predicted molar refractivity (Wildman–Crippen MR) is 192 cm³/mol. The Morgan fingerprint density at radius 3 is 1.13 bits per heavy atom. The average molecular weight is 716 g/mol. The zero-order valence-electron chi connectivity index (χ0n) is 27.3. The van der Waals surface area contributed by atoms with Gasteiger partial charge >= 0.3 is 19.5 Å². The summed E-state index contributed by atoms with van der Waals surface area (Å²) in [5, 5.41) is 30.3. The van der Waals surface area contributed by atoms with Gasteiger partial charge in [-0.1, -0.05) is 113 Å². The molecular weight excluding hydrogens is 670 g/mol. The minimum atomic E-state index is 0. The van der Waals surface area contributed by atoms with Gasteiger partial charge in [0, 0.05) is 12.4 Å². The summed E-state index contributed by atoms with van der Waals surface area (Å²) in [4.78, 5) is 9.02. The maximum atomic E-state index is 4.83. The molecule has 0 bridgehead atoms. The molecule has 7 heterocycles. The molecule has 4 aromatic rings. The third kappa shape index (κ3) is 8.32. The summed E-state index contributed by atoms with van der Waals surface area (Å²) in [5.74, 6) is 0. The summed E-state index contributed by atoms with van der Waals surface area (Å²) in [6.07, 6.45) is 19.5. The van der Waals surface area contributed by atoms with Crippen LogP contribution in [0.2, 0.25) is 0 Å². The first-order valence-electron chi connectivity index (χ1n) is 17.7. The van der Waals surface area contributed by atoms with Gasteiger partial charge in [-0.15, -0.1) is 37.6 Å². The van der Waals surface area contributed by atoms with Crippen molar-refractivity contribution in [3.05, 3.63) is 92.8 Å². The topological polar surface area (TPSA) is 110 Å². The van der Waals surface area contributed by atoms with Crippen LogP contribution < -0.4 is 0 Å². The standard InChI is InChI=1S/C18H10N4.2C10H18N2.Ru/c1-2-8-14-13(7-1)21-17-11-5-3-9-19-15(11)16-12(18(17)22-14)6-4-10-20-16;2*1-3-7-11-9(5-1)10-6-2-4-8-12-10;/h1-10H;2*9-10H,1-8H2;/q3*-2;+8. The summed E-state index contributed by atoms with van der Waals surface area (Å²) in [7, 11) is 0. The van der Waals surface area contributed by atoms with Crippen molar-refractivity contribution in [2.45, 2.75) is 101 Å². The number of benzene rings is 2. The molecule has 0 saturated carbocycles. The van der Waals surface area contributed by atoms with E-state index in [4.69, 9.17) is 10.6 Å². The molecule has 5 aliphatic heterocycles. The third-order valence-electron chi connectivity index (χ3n) is 9.90. The molecule has 0 radical (unpaired) electrons. The van der Waals surface area contributed by atoms with Gasteiger partial charge in [0.2, 0.25) is 0 Å². The van der Waals surface area contributed by atoms with E-state index in [1.807, 2.05) is 48.5 Å². The van der Waals surface area contributed by atoms with Crippen molar-refractivity contribution in [3.63, 3.8) is 0 Å². The van der Waals surface area contributed by atoms with E-state index >= 15 is 0 Å². The van der Waals surface area contributed by atoms with E-state index in [1.54, 1.807) is 12.4 Å². The number of pyridine rings is 2. The van der Waals surface area contributed by atoms with Crippen molar-refractivity contribution >= 4 is 44.6 Å². The summed E-state index contributed by atoms with van der Waals surface area (Å²) in [6.45, 7) is 4.38. The number of rotatable bonds is 2. The molecule has 0 amide bonds. The first kappa shape index (κ1) is 34.2. The van der Waals surface area contributed by atoms with E-state index in [9.17, 15) is 0 Å². The molecule has 2 aromatic heterocycles. The van der Waals surface area contributed by atoms with Gasteiger partial charge < -0.3 is 31.9 Å². The van der Waals surface area contributed by atoms with E-state index in [0.29, 0.717) is 24.2 Å². The number of nitrogens with zero attached hydrogens (tertiary/aromatic N) is 8. The fraction of sp³-hybridized carbons (Fsp3) is 0.526. The van der Waals surface area contributed by atoms with Crippen LogP contribution in [0.15, 0.2) is 60.9 Å². The Hall–Kier alpha value is -2.68. The second-order valence-electron chi connectivity index (χ2n) is 13.1. The summed E-state index contributed by atoms with van der Waals surface area (Å²) >= 11 is 0. The van der Waals surface area contributed by atoms with Crippen LogP contribution in [0.1, 0.15) is 77.0 Å². The molecule has 4 unspecified atom stereocenters. The third-order valence-corrected chi connectivity index (χ3v) is 9.90. The molecule has 2 aromatic carbocycles. The first-order chi connectivity index (χ1) is 22.8. The molecule has 4 saturated heterocycles. The van der Waals surface area contributed by atoms with E-state index in [1.165, 1.54) is 77.0 Å². The number of piperidine rings is 4. The largest absolute Gasteiger partial charge is 8.00 e. The Bertz CT molecular complexity index is 1410. The van der Waals surface area contributed by atoms with Crippen molar-refractivity contribution < 1.29 is 19.5 Å². The number of hydrogen-bond acceptors (Lipinski definition) is 2. The van der Waals surface area contributed by atoms with Gasteiger partial charge in [-0.05, 0) is 22.9 Å². The van der Waals surface area contributed by atoms with Crippen LogP contribution in [-0.4, -0.2) is 60.3 Å². The van der Waals surface area contributed by atoms with Crippen LogP contribution in [0.5, 0.6) is 0 Å². The zero-order valence-corrected chi connectivity index (χ0v) is 29.1. The van der Waals surface area contributed by atoms with Gasteiger partial charge in [0.05, 0.1) is 11.0 Å². The Balaban J connectivity index is 0.000000132. The van der Waals surface area contributed by atoms with Crippen LogP contribution in [0, 0.1) is 0 Å². The summed E-state index contributed by atoms with van der Waals surface area (Å²) in [6, 6.07) is 18.2. The molecule has 5 aliphatic rings. The fourth-order valence-corrected chi connectivity index (χ4v) is 7.46. The monoisotopic (exact) mass is 716 g/mol. The van der Waals surface area contributed by atoms with E-state index in [2.05, 4.69) is 31.2 Å². The molecule has 9 heteroatoms. The molecule has 4 fully saturated rings. The van der Waals surface area contributed by atoms with Gasteiger partial charge in [0.25, 0.3) is 0 Å². The Kier molecular flexibility index (Phi) is 12.5. The normalized spacial score (nSPS) is 25.2. The molecule has 0 spiro atoms. The Labute approximate surface area is 293 Å². The van der Waals surface area contributed by atoms with Gasteiger partial charge in [-0.3, -0.25) is 9.97 Å². The molecule has 0 N–H and O–H groups in total. The number of aromatic nitrogens is 2. The van der Waals surface area contributed by atoms with Crippen LogP contribution in [0.3, 0.4) is 0 Å². The van der Waals surface area contributed by atoms with Crippen molar-refractivity contribution in [2.75, 3.05) is 26.2 Å². The molecule has 0 aliphatic carbocycles. The van der Waals surface area contributed by atoms with Crippen LogP contribution >= 0.6 is 0 Å². The van der Waals surface area contributed by atoms with Gasteiger partial charge in [-0.25, -0.2) is 0 Å². The number of hydrogen-bond donors (Lipinski definition) is 0. The zero-order chi connectivity index (χ0) is 31.0. The van der Waals surface area contributed by atoms with Crippen LogP contribution in [-0.2, 0) is 19.5 Å². The molecule has 244 valence electrons. The second kappa shape index (κ2) is 17.1. The SMILES string of the molecule is C1CCC(C2CCCC[N-]2)[N-]C1.C1CCC(C2CCCC[N-]2)[N-]C1.[Ru+8].c1ccc2c(c1)[N-]c1c(c3cccnc3c3ncccc13)[N-]2. The molecule has 9 rings (SSSR count). The van der Waals surface area contributed by atoms with E-state index < -0.39 is 0 Å². The Morgan fingerprint density at radius 1 is 0.447 bits per heavy atom. The molecule has 47 heavy (non-hydrogen) atoms. The smallest absolute Gasteiger partial charge is 0.661 e. The molecular formula is C38H46N8Ru+2. The number of para-hydroxylation sites is 2. The van der Waals surface area contributed by atoms with E-state index in [0.717, 1.165) is 70.7 Å². The maximum Gasteiger partial charge on any atom is 8.00 e. The summed E-state index contributed by atoms with van der Waals surface area (Å²) in [5.41, 5.74) is 5.28. The van der Waals surface area contributed by atoms with E-state index in [-0.39, 0.29) is 19.5 Å². The van der Waals surface area contributed by atoms with Crippen molar-refractivity contribution in [1.82, 2.24) is 9.97 Å². The van der Waals surface area contributed by atoms with Crippen molar-refractivity contribution in [1.29, 1.82) is 0 Å². The minimum absolute atomic E-state index is 0. The quantitative estimate of drug-likeness (QED) is 0.134.